The van der Waals surface area contributed by atoms with E-state index in [2.05, 4.69) is 50.9 Å². The fourth-order valence-electron chi connectivity index (χ4n) is 2.78. The van der Waals surface area contributed by atoms with Gasteiger partial charge in [-0.05, 0) is 87.0 Å². The van der Waals surface area contributed by atoms with Gasteiger partial charge in [-0.15, -0.1) is 0 Å². The minimum atomic E-state index is -0.726. The molecular formula is C23H27Br2NO5. The molecule has 0 spiro atoms. The Hall–Kier alpha value is -2.06. The number of esters is 1. The van der Waals surface area contributed by atoms with Crippen LogP contribution in [0.15, 0.2) is 44.4 Å². The fourth-order valence-corrected chi connectivity index (χ4v) is 4.16. The molecule has 2 aromatic carbocycles. The molecule has 31 heavy (non-hydrogen) atoms. The van der Waals surface area contributed by atoms with E-state index in [1.54, 1.807) is 14.0 Å². The Balaban J connectivity index is 2.17. The van der Waals surface area contributed by atoms with Crippen LogP contribution in [0.5, 0.6) is 17.2 Å². The molecule has 0 heterocycles. The van der Waals surface area contributed by atoms with Gasteiger partial charge in [0.2, 0.25) is 6.10 Å². The molecule has 0 aliphatic rings. The number of benzene rings is 2. The van der Waals surface area contributed by atoms with Crippen molar-refractivity contribution in [3.8, 4) is 17.2 Å². The highest BCUT2D eigenvalue weighted by atomic mass is 79.9. The number of oxime groups is 1. The first-order valence-electron chi connectivity index (χ1n) is 10.0. The molecule has 0 saturated carbocycles. The van der Waals surface area contributed by atoms with Gasteiger partial charge in [0.1, 0.15) is 11.5 Å². The number of nitrogens with zero attached hydrogens (tertiary/aromatic N) is 1. The second kappa shape index (κ2) is 12.1. The Labute approximate surface area is 200 Å². The quantitative estimate of drug-likeness (QED) is 0.182. The summed E-state index contributed by atoms with van der Waals surface area (Å²) in [5.74, 6) is 2.05. The number of ether oxygens (including phenoxy) is 3. The summed E-state index contributed by atoms with van der Waals surface area (Å²) in [6.07, 6.45) is 1.28. The van der Waals surface area contributed by atoms with E-state index in [-0.39, 0.29) is 0 Å². The molecule has 168 valence electrons. The van der Waals surface area contributed by atoms with Crippen molar-refractivity contribution in [2.45, 2.75) is 46.1 Å². The lowest BCUT2D eigenvalue weighted by molar-refractivity contribution is -0.156. The van der Waals surface area contributed by atoms with Crippen LogP contribution in [0.3, 0.4) is 0 Å². The lowest BCUT2D eigenvalue weighted by Crippen LogP contribution is -2.24. The average Bonchev–Trinajstić information content (AvgIpc) is 2.73. The molecular weight excluding hydrogens is 530 g/mol. The van der Waals surface area contributed by atoms with Crippen LogP contribution in [0.2, 0.25) is 0 Å². The van der Waals surface area contributed by atoms with Crippen molar-refractivity contribution in [3.63, 3.8) is 0 Å². The summed E-state index contributed by atoms with van der Waals surface area (Å²) in [6.45, 7) is 8.10. The predicted octanol–water partition coefficient (Wildman–Crippen LogP) is 6.83. The molecule has 0 saturated heterocycles. The van der Waals surface area contributed by atoms with Crippen molar-refractivity contribution < 1.29 is 23.8 Å². The zero-order valence-corrected chi connectivity index (χ0v) is 21.4. The predicted molar refractivity (Wildman–Crippen MR) is 128 cm³/mol. The molecule has 6 nitrogen and oxygen atoms in total. The van der Waals surface area contributed by atoms with Crippen LogP contribution in [-0.4, -0.2) is 32.0 Å². The highest BCUT2D eigenvalue weighted by Crippen LogP contribution is 2.39. The van der Waals surface area contributed by atoms with Gasteiger partial charge >= 0.3 is 5.97 Å². The summed E-state index contributed by atoms with van der Waals surface area (Å²) in [4.78, 5) is 17.1. The van der Waals surface area contributed by atoms with E-state index < -0.39 is 12.1 Å². The molecule has 0 aromatic heterocycles. The molecule has 1 unspecified atom stereocenters. The zero-order chi connectivity index (χ0) is 23.0. The summed E-state index contributed by atoms with van der Waals surface area (Å²) in [5.41, 5.74) is 1.84. The van der Waals surface area contributed by atoms with E-state index in [9.17, 15) is 4.79 Å². The van der Waals surface area contributed by atoms with Crippen molar-refractivity contribution in [1.82, 2.24) is 0 Å². The van der Waals surface area contributed by atoms with E-state index in [0.717, 1.165) is 25.8 Å². The molecule has 0 amide bonds. The van der Waals surface area contributed by atoms with Gasteiger partial charge in [0.05, 0.1) is 28.9 Å². The normalized spacial score (nSPS) is 12.1. The van der Waals surface area contributed by atoms with Gasteiger partial charge in [-0.25, -0.2) is 4.79 Å². The van der Waals surface area contributed by atoms with E-state index in [0.29, 0.717) is 30.4 Å². The SMILES string of the molecule is CCOC(=O)C(CC)O/N=C\c1cc(Br)c(Oc2ccc(OC)c(C(C)C)c2)c(Br)c1. The van der Waals surface area contributed by atoms with Gasteiger partial charge in [-0.2, -0.15) is 0 Å². The van der Waals surface area contributed by atoms with Crippen molar-refractivity contribution >= 4 is 44.0 Å². The molecule has 0 N–H and O–H groups in total. The third kappa shape index (κ3) is 6.97. The van der Waals surface area contributed by atoms with Gasteiger partial charge in [0.25, 0.3) is 0 Å². The molecule has 0 aliphatic carbocycles. The number of hydrogen-bond acceptors (Lipinski definition) is 6. The van der Waals surface area contributed by atoms with Gasteiger partial charge in [0, 0.05) is 5.56 Å². The summed E-state index contributed by atoms with van der Waals surface area (Å²) in [7, 11) is 1.66. The number of carbonyl (C=O) groups excluding carboxylic acids is 1. The molecule has 8 heteroatoms. The number of rotatable bonds is 10. The van der Waals surface area contributed by atoms with Crippen LogP contribution in [-0.2, 0) is 14.4 Å². The van der Waals surface area contributed by atoms with Crippen LogP contribution in [0.25, 0.3) is 0 Å². The van der Waals surface area contributed by atoms with Crippen LogP contribution >= 0.6 is 31.9 Å². The summed E-state index contributed by atoms with van der Waals surface area (Å²) in [6, 6.07) is 9.45. The van der Waals surface area contributed by atoms with Gasteiger partial charge < -0.3 is 19.0 Å². The molecule has 1 atom stereocenters. The Bertz CT molecular complexity index is 907. The minimum absolute atomic E-state index is 0.297. The lowest BCUT2D eigenvalue weighted by Gasteiger charge is -2.15. The minimum Gasteiger partial charge on any atom is -0.496 e. The van der Waals surface area contributed by atoms with Gasteiger partial charge in [-0.1, -0.05) is 25.9 Å². The van der Waals surface area contributed by atoms with Crippen molar-refractivity contribution in [2.75, 3.05) is 13.7 Å². The molecule has 0 fully saturated rings. The van der Waals surface area contributed by atoms with Crippen molar-refractivity contribution in [1.29, 1.82) is 0 Å². The van der Waals surface area contributed by atoms with Crippen molar-refractivity contribution in [2.24, 2.45) is 5.16 Å². The third-order valence-electron chi connectivity index (χ3n) is 4.37. The highest BCUT2D eigenvalue weighted by Gasteiger charge is 2.19. The number of methoxy groups -OCH3 is 1. The maximum Gasteiger partial charge on any atom is 0.350 e. The van der Waals surface area contributed by atoms with Crippen LogP contribution < -0.4 is 9.47 Å². The fraction of sp³-hybridized carbons (Fsp3) is 0.391. The number of carbonyl (C=O) groups is 1. The summed E-state index contributed by atoms with van der Waals surface area (Å²) in [5, 5.41) is 3.94. The van der Waals surface area contributed by atoms with E-state index in [4.69, 9.17) is 19.0 Å². The third-order valence-corrected chi connectivity index (χ3v) is 5.55. The lowest BCUT2D eigenvalue weighted by atomic mass is 10.0. The highest BCUT2D eigenvalue weighted by molar-refractivity contribution is 9.11. The largest absolute Gasteiger partial charge is 0.496 e. The second-order valence-electron chi connectivity index (χ2n) is 6.96. The van der Waals surface area contributed by atoms with Crippen LogP contribution in [0.1, 0.15) is 51.2 Å². The number of hydrogen-bond donors (Lipinski definition) is 0. The monoisotopic (exact) mass is 555 g/mol. The Morgan fingerprint density at radius 3 is 2.35 bits per heavy atom. The van der Waals surface area contributed by atoms with E-state index in [1.807, 2.05) is 37.3 Å². The molecule has 0 bridgehead atoms. The molecule has 0 aliphatic heterocycles. The maximum atomic E-state index is 11.8. The summed E-state index contributed by atoms with van der Waals surface area (Å²) < 4.78 is 18.0. The zero-order valence-electron chi connectivity index (χ0n) is 18.3. The second-order valence-corrected chi connectivity index (χ2v) is 8.67. The average molecular weight is 557 g/mol. The van der Waals surface area contributed by atoms with Gasteiger partial charge in [0.15, 0.2) is 5.75 Å². The van der Waals surface area contributed by atoms with Crippen molar-refractivity contribution in [3.05, 3.63) is 50.4 Å². The first kappa shape index (κ1) is 25.2. The molecule has 0 radical (unpaired) electrons. The van der Waals surface area contributed by atoms with Crippen LogP contribution in [0.4, 0.5) is 0 Å². The first-order chi connectivity index (χ1) is 14.8. The smallest absolute Gasteiger partial charge is 0.350 e. The van der Waals surface area contributed by atoms with E-state index in [1.165, 1.54) is 6.21 Å². The Morgan fingerprint density at radius 2 is 1.81 bits per heavy atom. The van der Waals surface area contributed by atoms with E-state index >= 15 is 0 Å². The standard InChI is InChI=1S/C23H27Br2NO5/c1-6-20(23(27)29-7-2)31-26-13-15-10-18(24)22(19(25)11-15)30-16-8-9-21(28-5)17(12-16)14(3)4/h8-14,20H,6-7H2,1-5H3/b26-13-. The molecule has 2 rings (SSSR count). The first-order valence-corrected chi connectivity index (χ1v) is 11.6. The van der Waals surface area contributed by atoms with Crippen LogP contribution in [0, 0.1) is 0 Å². The maximum absolute atomic E-state index is 11.8. The topological polar surface area (TPSA) is 66.4 Å². The Morgan fingerprint density at radius 1 is 1.13 bits per heavy atom. The number of halogens is 2. The summed E-state index contributed by atoms with van der Waals surface area (Å²) >= 11 is 7.11. The molecule has 2 aromatic rings. The Kier molecular flexibility index (Phi) is 9.84. The van der Waals surface area contributed by atoms with Gasteiger partial charge in [-0.3, -0.25) is 0 Å².